The second kappa shape index (κ2) is 34.9. The van der Waals surface area contributed by atoms with Crippen molar-refractivity contribution < 1.29 is 43.9 Å². The fourth-order valence-corrected chi connectivity index (χ4v) is 9.44. The second-order valence-corrected chi connectivity index (χ2v) is 20.5. The van der Waals surface area contributed by atoms with Gasteiger partial charge in [-0.1, -0.05) is 194 Å². The van der Waals surface area contributed by atoms with Crippen LogP contribution in [0.5, 0.6) is 34.5 Å². The number of nitrogens with zero attached hydrogens (tertiary/aromatic N) is 3. The van der Waals surface area contributed by atoms with Crippen LogP contribution in [-0.2, 0) is 14.4 Å². The van der Waals surface area contributed by atoms with Crippen molar-refractivity contribution in [2.45, 2.75) is 247 Å². The van der Waals surface area contributed by atoms with Crippen molar-refractivity contribution in [3.8, 4) is 68.7 Å². The Morgan fingerprint density at radius 3 is 0.838 bits per heavy atom. The van der Waals surface area contributed by atoms with Crippen LogP contribution in [0.15, 0.2) is 36.4 Å². The molecule has 408 valence electrons. The van der Waals surface area contributed by atoms with Crippen LogP contribution in [0.25, 0.3) is 34.2 Å². The predicted molar refractivity (Wildman–Crippen MR) is 297 cm³/mol. The van der Waals surface area contributed by atoms with Gasteiger partial charge < -0.3 is 29.5 Å². The van der Waals surface area contributed by atoms with Crippen molar-refractivity contribution in [3.63, 3.8) is 0 Å². The highest BCUT2D eigenvalue weighted by Crippen LogP contribution is 2.42. The molecule has 0 spiro atoms. The number of hydrogen-bond acceptors (Lipinski definition) is 12. The summed E-state index contributed by atoms with van der Waals surface area (Å²) in [7, 11) is 0. The van der Waals surface area contributed by atoms with Gasteiger partial charge in [-0.05, 0) is 70.0 Å². The molecule has 3 N–H and O–H groups in total. The van der Waals surface area contributed by atoms with E-state index in [0.717, 1.165) is 38.5 Å². The number of rotatable bonds is 38. The summed E-state index contributed by atoms with van der Waals surface area (Å²) >= 11 is 0. The Balaban J connectivity index is 1.37. The maximum absolute atomic E-state index is 13.0. The summed E-state index contributed by atoms with van der Waals surface area (Å²) in [5.74, 6) is -1.47. The molecule has 4 rings (SSSR count). The lowest BCUT2D eigenvalue weighted by atomic mass is 10.0. The van der Waals surface area contributed by atoms with Crippen LogP contribution < -0.4 is 14.2 Å². The van der Waals surface area contributed by atoms with Crippen LogP contribution in [0.2, 0.25) is 0 Å². The van der Waals surface area contributed by atoms with Crippen LogP contribution in [0.3, 0.4) is 0 Å². The minimum absolute atomic E-state index is 0.00143. The molecule has 12 heteroatoms. The van der Waals surface area contributed by atoms with Crippen LogP contribution in [0.1, 0.15) is 243 Å². The van der Waals surface area contributed by atoms with Crippen molar-refractivity contribution in [3.05, 3.63) is 53.1 Å². The summed E-state index contributed by atoms with van der Waals surface area (Å²) in [6, 6.07) is 9.27. The SMILES string of the molecule is CCCCCCCCCCCCCCCCCC(=O)Oc1ccc(-c2nc(-c3ccc(OC(C)=O)c(C)c3O)nc(-c3ccc(OC(=O)CCCCCCCCCCCCCCCCC)c(C)c3O)n2)c(O)c1C. The predicted octanol–water partition coefficient (Wildman–Crippen LogP) is 17.2. The largest absolute Gasteiger partial charge is 0.507 e. The summed E-state index contributed by atoms with van der Waals surface area (Å²) < 4.78 is 16.8. The molecule has 0 unspecified atom stereocenters. The van der Waals surface area contributed by atoms with Gasteiger partial charge in [0.2, 0.25) is 0 Å². The molecule has 0 saturated carbocycles. The van der Waals surface area contributed by atoms with E-state index in [0.29, 0.717) is 11.1 Å². The lowest BCUT2D eigenvalue weighted by molar-refractivity contribution is -0.135. The van der Waals surface area contributed by atoms with Gasteiger partial charge in [-0.2, -0.15) is 0 Å². The van der Waals surface area contributed by atoms with Gasteiger partial charge in [-0.15, -0.1) is 0 Å². The van der Waals surface area contributed by atoms with E-state index < -0.39 is 5.97 Å². The van der Waals surface area contributed by atoms with Gasteiger partial charge in [0.05, 0.1) is 16.7 Å². The fourth-order valence-electron chi connectivity index (χ4n) is 9.44. The number of benzene rings is 3. The Hall–Kier alpha value is -5.52. The van der Waals surface area contributed by atoms with Gasteiger partial charge in [-0.3, -0.25) is 14.4 Å². The molecule has 1 heterocycles. The van der Waals surface area contributed by atoms with Gasteiger partial charge in [0.25, 0.3) is 0 Å². The highest BCUT2D eigenvalue weighted by atomic mass is 16.5. The van der Waals surface area contributed by atoms with E-state index in [1.807, 2.05) is 0 Å². The third-order valence-corrected chi connectivity index (χ3v) is 14.2. The molecule has 0 saturated heterocycles. The Kier molecular flexibility index (Phi) is 28.8. The van der Waals surface area contributed by atoms with E-state index in [1.54, 1.807) is 45.0 Å². The standard InChI is InChI=1S/C62H91N3O9/c1-7-9-11-13-15-17-19-21-23-25-27-29-31-33-35-37-55(67)73-53-43-40-50(58(70)46(53)4)61-63-60(49-39-42-52(72-48(6)66)45(3)57(49)69)64-62(65-61)51-41-44-54(47(5)59(51)71)74-56(68)38-36-34-32-30-28-26-24-22-20-18-16-14-12-10-8-2/h39-44,69-71H,7-38H2,1-6H3. The van der Waals surface area contributed by atoms with Crippen LogP contribution in [0.4, 0.5) is 0 Å². The Bertz CT molecular complexity index is 2210. The number of esters is 3. The third-order valence-electron chi connectivity index (χ3n) is 14.2. The van der Waals surface area contributed by atoms with E-state index in [2.05, 4.69) is 23.8 Å². The molecule has 4 aromatic rings. The van der Waals surface area contributed by atoms with Crippen molar-refractivity contribution >= 4 is 17.9 Å². The van der Waals surface area contributed by atoms with E-state index in [9.17, 15) is 29.7 Å². The van der Waals surface area contributed by atoms with Crippen LogP contribution in [0, 0.1) is 20.8 Å². The Labute approximate surface area is 443 Å². The molecule has 0 aliphatic rings. The molecule has 0 bridgehead atoms. The number of phenolic OH excluding ortho intramolecular Hbond substituents is 3. The van der Waals surface area contributed by atoms with E-state index in [4.69, 9.17) is 19.2 Å². The van der Waals surface area contributed by atoms with Crippen LogP contribution in [-0.4, -0.2) is 48.2 Å². The molecule has 0 aliphatic carbocycles. The maximum atomic E-state index is 13.0. The molecule has 1 aromatic heterocycles. The normalized spacial score (nSPS) is 11.3. The summed E-state index contributed by atoms with van der Waals surface area (Å²) in [4.78, 5) is 51.7. The molecule has 0 amide bonds. The van der Waals surface area contributed by atoms with Crippen molar-refractivity contribution in [1.29, 1.82) is 0 Å². The number of ether oxygens (including phenoxy) is 3. The first-order chi connectivity index (χ1) is 35.9. The maximum Gasteiger partial charge on any atom is 0.311 e. The Morgan fingerprint density at radius 2 is 0.595 bits per heavy atom. The lowest BCUT2D eigenvalue weighted by Crippen LogP contribution is -2.09. The molecule has 0 fully saturated rings. The highest BCUT2D eigenvalue weighted by molar-refractivity contribution is 5.80. The molecule has 12 nitrogen and oxygen atoms in total. The third kappa shape index (κ3) is 21.4. The van der Waals surface area contributed by atoms with Gasteiger partial charge in [0, 0.05) is 36.5 Å². The number of aromatic nitrogens is 3. The van der Waals surface area contributed by atoms with E-state index in [-0.39, 0.29) is 99.0 Å². The van der Waals surface area contributed by atoms with Gasteiger partial charge in [0.15, 0.2) is 17.5 Å². The highest BCUT2D eigenvalue weighted by Gasteiger charge is 2.24. The minimum atomic E-state index is -0.556. The summed E-state index contributed by atoms with van der Waals surface area (Å²) in [6.45, 7) is 10.6. The molecule has 74 heavy (non-hydrogen) atoms. The smallest absolute Gasteiger partial charge is 0.311 e. The monoisotopic (exact) mass is 1020 g/mol. The number of carbonyl (C=O) groups is 3. The van der Waals surface area contributed by atoms with Gasteiger partial charge in [-0.25, -0.2) is 15.0 Å². The van der Waals surface area contributed by atoms with Crippen molar-refractivity contribution in [2.75, 3.05) is 0 Å². The molecule has 0 aliphatic heterocycles. The molecule has 0 atom stereocenters. The summed E-state index contributed by atoms with van der Waals surface area (Å²) in [5, 5.41) is 34.6. The summed E-state index contributed by atoms with van der Waals surface area (Å²) in [6.07, 6.45) is 37.5. The Morgan fingerprint density at radius 1 is 0.365 bits per heavy atom. The van der Waals surface area contributed by atoms with Crippen LogP contribution >= 0.6 is 0 Å². The average molecular weight is 1020 g/mol. The first kappa shape index (κ1) is 61.0. The molecule has 0 radical (unpaired) electrons. The number of carbonyl (C=O) groups excluding carboxylic acids is 3. The first-order valence-electron chi connectivity index (χ1n) is 28.7. The number of unbranched alkanes of at least 4 members (excludes halogenated alkanes) is 28. The molecular formula is C62H91N3O9. The number of hydrogen-bond donors (Lipinski definition) is 3. The number of phenols is 3. The topological polar surface area (TPSA) is 178 Å². The first-order valence-corrected chi connectivity index (χ1v) is 28.7. The van der Waals surface area contributed by atoms with Crippen molar-refractivity contribution in [2.24, 2.45) is 0 Å². The van der Waals surface area contributed by atoms with Gasteiger partial charge in [0.1, 0.15) is 34.5 Å². The van der Waals surface area contributed by atoms with Gasteiger partial charge >= 0.3 is 17.9 Å². The molecule has 3 aromatic carbocycles. The van der Waals surface area contributed by atoms with Crippen molar-refractivity contribution in [1.82, 2.24) is 15.0 Å². The minimum Gasteiger partial charge on any atom is -0.507 e. The fraction of sp³-hybridized carbons (Fsp3) is 0.613. The second-order valence-electron chi connectivity index (χ2n) is 20.5. The molecular weight excluding hydrogens is 931 g/mol. The zero-order valence-corrected chi connectivity index (χ0v) is 46.2. The quantitative estimate of drug-likeness (QED) is 0.0220. The summed E-state index contributed by atoms with van der Waals surface area (Å²) in [5.41, 5.74) is 1.41. The zero-order valence-electron chi connectivity index (χ0n) is 46.2. The average Bonchev–Trinajstić information content (AvgIpc) is 3.38. The number of aromatic hydroxyl groups is 3. The zero-order chi connectivity index (χ0) is 53.5. The van der Waals surface area contributed by atoms with E-state index in [1.165, 1.54) is 173 Å². The van der Waals surface area contributed by atoms with E-state index >= 15 is 0 Å². The lowest BCUT2D eigenvalue weighted by Gasteiger charge is -2.16.